The molecular formula is C27H24FN3O5S. The van der Waals surface area contributed by atoms with Crippen LogP contribution in [0.25, 0.3) is 11.3 Å². The van der Waals surface area contributed by atoms with E-state index in [0.717, 1.165) is 0 Å². The van der Waals surface area contributed by atoms with Gasteiger partial charge in [0.25, 0.3) is 15.9 Å². The number of sulfonamides is 1. The molecule has 37 heavy (non-hydrogen) atoms. The number of aliphatic hydroxyl groups excluding tert-OH is 1. The van der Waals surface area contributed by atoms with Gasteiger partial charge < -0.3 is 15.0 Å². The van der Waals surface area contributed by atoms with Gasteiger partial charge in [0.1, 0.15) is 27.8 Å². The summed E-state index contributed by atoms with van der Waals surface area (Å²) in [5.74, 6) is -1.27. The number of halogens is 1. The highest BCUT2D eigenvalue weighted by Crippen LogP contribution is 2.42. The number of aliphatic hydroxyl groups is 1. The predicted molar refractivity (Wildman–Crippen MR) is 136 cm³/mol. The van der Waals surface area contributed by atoms with E-state index in [1.165, 1.54) is 35.2 Å². The van der Waals surface area contributed by atoms with E-state index >= 15 is 0 Å². The van der Waals surface area contributed by atoms with E-state index in [4.69, 9.17) is 0 Å². The number of aromatic nitrogens is 1. The Kier molecular flexibility index (Phi) is 5.67. The zero-order valence-corrected chi connectivity index (χ0v) is 21.1. The summed E-state index contributed by atoms with van der Waals surface area (Å²) >= 11 is 0. The number of H-pyrrole nitrogens is 1. The molecule has 2 aromatic carbocycles. The first-order chi connectivity index (χ1) is 17.4. The van der Waals surface area contributed by atoms with Crippen molar-refractivity contribution in [1.82, 2.24) is 9.88 Å². The van der Waals surface area contributed by atoms with Crippen LogP contribution in [0.15, 0.2) is 86.1 Å². The highest BCUT2D eigenvalue weighted by molar-refractivity contribution is 7.91. The second-order valence-corrected chi connectivity index (χ2v) is 11.7. The van der Waals surface area contributed by atoms with Crippen molar-refractivity contribution >= 4 is 21.6 Å². The smallest absolute Gasteiger partial charge is 0.284 e. The van der Waals surface area contributed by atoms with Gasteiger partial charge in [0.2, 0.25) is 5.56 Å². The standard InChI is InChI=1S/C27H24FN3O5S/c1-27(2,3)25-23(33)21(26(34)31(25)14-15-10-12-16(28)13-11-15)22-18-7-4-6-17(24(18)37(35,36)30-22)19-8-5-9-20(32)29-19/h4-13,25,33H,14H2,1-3H3,(H,29,32)/t25-/m1/s1. The van der Waals surface area contributed by atoms with Crippen molar-refractivity contribution < 1.29 is 22.7 Å². The van der Waals surface area contributed by atoms with Crippen molar-refractivity contribution in [2.24, 2.45) is 9.81 Å². The second kappa shape index (κ2) is 8.52. The number of fused-ring (bicyclic) bond motifs is 1. The first-order valence-electron chi connectivity index (χ1n) is 11.6. The maximum atomic E-state index is 13.8. The zero-order valence-electron chi connectivity index (χ0n) is 20.3. The van der Waals surface area contributed by atoms with Crippen LogP contribution >= 0.6 is 0 Å². The molecule has 0 aliphatic carbocycles. The van der Waals surface area contributed by atoms with Gasteiger partial charge >= 0.3 is 0 Å². The van der Waals surface area contributed by atoms with E-state index in [9.17, 15) is 27.5 Å². The summed E-state index contributed by atoms with van der Waals surface area (Å²) in [6, 6.07) is 14.0. The molecule has 0 saturated heterocycles. The summed E-state index contributed by atoms with van der Waals surface area (Å²) < 4.78 is 43.9. The quantitative estimate of drug-likeness (QED) is 0.539. The Hall–Kier alpha value is -4.05. The van der Waals surface area contributed by atoms with Gasteiger partial charge in [-0.15, -0.1) is 0 Å². The van der Waals surface area contributed by atoms with E-state index in [1.54, 1.807) is 30.3 Å². The van der Waals surface area contributed by atoms with Crippen molar-refractivity contribution in [1.29, 1.82) is 0 Å². The minimum Gasteiger partial charge on any atom is -0.509 e. The Balaban J connectivity index is 1.65. The Morgan fingerprint density at radius 3 is 2.30 bits per heavy atom. The molecule has 5 rings (SSSR count). The van der Waals surface area contributed by atoms with Crippen molar-refractivity contribution in [2.45, 2.75) is 38.3 Å². The van der Waals surface area contributed by atoms with E-state index in [0.29, 0.717) is 5.56 Å². The van der Waals surface area contributed by atoms with Gasteiger partial charge in [-0.3, -0.25) is 9.59 Å². The molecular weight excluding hydrogens is 497 g/mol. The summed E-state index contributed by atoms with van der Waals surface area (Å²) in [6.45, 7) is 5.64. The number of benzene rings is 2. The third kappa shape index (κ3) is 4.17. The minimum absolute atomic E-state index is 0.0762. The molecule has 2 N–H and O–H groups in total. The Labute approximate surface area is 212 Å². The lowest BCUT2D eigenvalue weighted by Crippen LogP contribution is -2.43. The van der Waals surface area contributed by atoms with E-state index in [1.807, 2.05) is 20.8 Å². The lowest BCUT2D eigenvalue weighted by molar-refractivity contribution is -0.129. The van der Waals surface area contributed by atoms with Crippen LogP contribution in [-0.2, 0) is 21.4 Å². The van der Waals surface area contributed by atoms with Crippen LogP contribution in [-0.4, -0.2) is 41.1 Å². The highest BCUT2D eigenvalue weighted by atomic mass is 32.2. The molecule has 0 bridgehead atoms. The van der Waals surface area contributed by atoms with Gasteiger partial charge in [0.15, 0.2) is 0 Å². The number of amides is 1. The average Bonchev–Trinajstić information content (AvgIpc) is 3.24. The van der Waals surface area contributed by atoms with Crippen LogP contribution in [0.5, 0.6) is 0 Å². The van der Waals surface area contributed by atoms with Crippen LogP contribution in [0.3, 0.4) is 0 Å². The first-order valence-corrected chi connectivity index (χ1v) is 13.0. The molecule has 2 aliphatic rings. The number of carbonyl (C=O) groups is 1. The fraction of sp³-hybridized carbons (Fsp3) is 0.222. The predicted octanol–water partition coefficient (Wildman–Crippen LogP) is 3.94. The maximum Gasteiger partial charge on any atom is 0.284 e. The molecule has 0 spiro atoms. The maximum absolute atomic E-state index is 13.8. The molecule has 0 saturated carbocycles. The molecule has 0 radical (unpaired) electrons. The lowest BCUT2D eigenvalue weighted by Gasteiger charge is -2.35. The van der Waals surface area contributed by atoms with Crippen molar-refractivity contribution in [3.05, 3.63) is 99.3 Å². The number of aromatic amines is 1. The zero-order chi connectivity index (χ0) is 26.7. The van der Waals surface area contributed by atoms with Gasteiger partial charge in [-0.25, -0.2) is 4.39 Å². The topological polar surface area (TPSA) is 120 Å². The van der Waals surface area contributed by atoms with Crippen molar-refractivity contribution in [3.8, 4) is 11.3 Å². The molecule has 190 valence electrons. The molecule has 1 amide bonds. The van der Waals surface area contributed by atoms with E-state index in [-0.39, 0.29) is 45.3 Å². The lowest BCUT2D eigenvalue weighted by atomic mass is 9.84. The number of hydrogen-bond donors (Lipinski definition) is 2. The van der Waals surface area contributed by atoms with Crippen LogP contribution in [0.1, 0.15) is 31.9 Å². The molecule has 3 heterocycles. The number of carbonyl (C=O) groups excluding carboxylic acids is 1. The Morgan fingerprint density at radius 1 is 1.00 bits per heavy atom. The largest absolute Gasteiger partial charge is 0.509 e. The highest BCUT2D eigenvalue weighted by Gasteiger charge is 2.49. The average molecular weight is 522 g/mol. The van der Waals surface area contributed by atoms with E-state index in [2.05, 4.69) is 9.38 Å². The summed E-state index contributed by atoms with van der Waals surface area (Å²) in [4.78, 5) is 29.6. The van der Waals surface area contributed by atoms with Crippen molar-refractivity contribution in [3.63, 3.8) is 0 Å². The van der Waals surface area contributed by atoms with E-state index < -0.39 is 38.8 Å². The molecule has 3 aromatic rings. The molecule has 10 heteroatoms. The SMILES string of the molecule is CC(C)(C)[C@H]1C(O)=C(C2=NS(=O)(=O)c3c2cccc3-c2cccc(=O)[nH]2)C(=O)N1Cc1ccc(F)cc1. The normalized spacial score (nSPS) is 18.8. The van der Waals surface area contributed by atoms with Gasteiger partial charge in [0.05, 0.1) is 6.04 Å². The third-order valence-corrected chi connectivity index (χ3v) is 7.80. The molecule has 0 fully saturated rings. The van der Waals surface area contributed by atoms with Crippen LogP contribution in [0.4, 0.5) is 4.39 Å². The van der Waals surface area contributed by atoms with Gasteiger partial charge in [0, 0.05) is 29.4 Å². The van der Waals surface area contributed by atoms with Gasteiger partial charge in [-0.05, 0) is 29.2 Å². The third-order valence-electron chi connectivity index (χ3n) is 6.42. The number of hydrogen-bond acceptors (Lipinski definition) is 5. The van der Waals surface area contributed by atoms with Crippen LogP contribution in [0.2, 0.25) is 0 Å². The van der Waals surface area contributed by atoms with Gasteiger partial charge in [-0.2, -0.15) is 12.8 Å². The summed E-state index contributed by atoms with van der Waals surface area (Å²) in [5, 5.41) is 11.4. The summed E-state index contributed by atoms with van der Waals surface area (Å²) in [7, 11) is -4.26. The summed E-state index contributed by atoms with van der Waals surface area (Å²) in [5.41, 5.74) is -0.0312. The second-order valence-electron chi connectivity index (χ2n) is 10.1. The van der Waals surface area contributed by atoms with Gasteiger partial charge in [-0.1, -0.05) is 57.2 Å². The fourth-order valence-electron chi connectivity index (χ4n) is 4.92. The van der Waals surface area contributed by atoms with Crippen LogP contribution in [0, 0.1) is 11.2 Å². The minimum atomic E-state index is -4.26. The Morgan fingerprint density at radius 2 is 1.65 bits per heavy atom. The molecule has 1 aromatic heterocycles. The summed E-state index contributed by atoms with van der Waals surface area (Å²) in [6.07, 6.45) is 0. The number of nitrogens with one attached hydrogen (secondary N) is 1. The molecule has 1 atom stereocenters. The number of nitrogens with zero attached hydrogens (tertiary/aromatic N) is 2. The van der Waals surface area contributed by atoms with Crippen molar-refractivity contribution in [2.75, 3.05) is 0 Å². The number of pyridine rings is 1. The Bertz CT molecular complexity index is 1670. The monoisotopic (exact) mass is 521 g/mol. The van der Waals surface area contributed by atoms with Crippen LogP contribution < -0.4 is 5.56 Å². The fourth-order valence-corrected chi connectivity index (χ4v) is 6.34. The molecule has 0 unspecified atom stereocenters. The first kappa shape index (κ1) is 24.6. The number of rotatable bonds is 4. The molecule has 8 nitrogen and oxygen atoms in total. The molecule has 2 aliphatic heterocycles.